The van der Waals surface area contributed by atoms with Gasteiger partial charge in [-0.05, 0) is 26.7 Å². The normalized spacial score (nSPS) is 17.7. The van der Waals surface area contributed by atoms with Crippen molar-refractivity contribution in [2.75, 3.05) is 7.05 Å². The summed E-state index contributed by atoms with van der Waals surface area (Å²) >= 11 is 0. The van der Waals surface area contributed by atoms with Gasteiger partial charge in [0.15, 0.2) is 0 Å². The van der Waals surface area contributed by atoms with E-state index < -0.39 is 0 Å². The van der Waals surface area contributed by atoms with Crippen LogP contribution in [-0.2, 0) is 11.3 Å². The minimum Gasteiger partial charge on any atom is -0.361 e. The molecule has 1 amide bonds. The van der Waals surface area contributed by atoms with Crippen molar-refractivity contribution >= 4 is 5.91 Å². The van der Waals surface area contributed by atoms with Crippen molar-refractivity contribution < 1.29 is 9.32 Å². The van der Waals surface area contributed by atoms with Crippen LogP contribution in [0.3, 0.4) is 0 Å². The molecule has 2 N–H and O–H groups in total. The van der Waals surface area contributed by atoms with Gasteiger partial charge in [0.2, 0.25) is 5.91 Å². The molecule has 5 nitrogen and oxygen atoms in total. The van der Waals surface area contributed by atoms with E-state index in [0.717, 1.165) is 42.7 Å². The molecule has 2 rings (SSSR count). The highest BCUT2D eigenvalue weighted by Gasteiger charge is 2.32. The Hall–Kier alpha value is -1.36. The van der Waals surface area contributed by atoms with E-state index in [-0.39, 0.29) is 11.4 Å². The predicted octanol–water partition coefficient (Wildman–Crippen LogP) is 1.91. The number of carbonyl (C=O) groups is 1. The third-order valence-electron chi connectivity index (χ3n) is 4.10. The van der Waals surface area contributed by atoms with Crippen molar-refractivity contribution in [3.05, 3.63) is 17.0 Å². The number of carbonyl (C=O) groups excluding carboxylic acids is 1. The lowest BCUT2D eigenvalue weighted by Crippen LogP contribution is -2.42. The standard InChI is InChI=1S/C14H23N3O2/c1-10-12(11(2)19-16-10)9-17(3)13(18)8-14(15)6-4-5-7-14/h4-9,15H2,1-3H3. The quantitative estimate of drug-likeness (QED) is 0.902. The average Bonchev–Trinajstić information content (AvgIpc) is 2.90. The third-order valence-corrected chi connectivity index (χ3v) is 4.10. The summed E-state index contributed by atoms with van der Waals surface area (Å²) < 4.78 is 5.12. The smallest absolute Gasteiger partial charge is 0.224 e. The van der Waals surface area contributed by atoms with E-state index in [1.165, 1.54) is 0 Å². The second-order valence-electron chi connectivity index (χ2n) is 5.80. The van der Waals surface area contributed by atoms with Gasteiger partial charge < -0.3 is 15.2 Å². The first-order valence-corrected chi connectivity index (χ1v) is 6.86. The zero-order valence-corrected chi connectivity index (χ0v) is 12.0. The van der Waals surface area contributed by atoms with Crippen LogP contribution in [0.1, 0.15) is 49.1 Å². The molecule has 0 saturated heterocycles. The summed E-state index contributed by atoms with van der Waals surface area (Å²) in [7, 11) is 1.81. The Kier molecular flexibility index (Phi) is 3.94. The Morgan fingerprint density at radius 1 is 1.42 bits per heavy atom. The van der Waals surface area contributed by atoms with Gasteiger partial charge in [-0.3, -0.25) is 4.79 Å². The maximum Gasteiger partial charge on any atom is 0.224 e. The van der Waals surface area contributed by atoms with Crippen LogP contribution < -0.4 is 5.73 Å². The summed E-state index contributed by atoms with van der Waals surface area (Å²) in [4.78, 5) is 14.0. The molecule has 0 aliphatic heterocycles. The van der Waals surface area contributed by atoms with Crippen molar-refractivity contribution in [2.24, 2.45) is 5.73 Å². The highest BCUT2D eigenvalue weighted by molar-refractivity contribution is 5.77. The molecule has 1 saturated carbocycles. The van der Waals surface area contributed by atoms with Crippen molar-refractivity contribution in [1.82, 2.24) is 10.1 Å². The van der Waals surface area contributed by atoms with E-state index in [9.17, 15) is 4.79 Å². The van der Waals surface area contributed by atoms with Crippen LogP contribution >= 0.6 is 0 Å². The minimum absolute atomic E-state index is 0.101. The van der Waals surface area contributed by atoms with Gasteiger partial charge >= 0.3 is 0 Å². The monoisotopic (exact) mass is 265 g/mol. The molecular weight excluding hydrogens is 242 g/mol. The lowest BCUT2D eigenvalue weighted by Gasteiger charge is -2.26. The number of hydrogen-bond donors (Lipinski definition) is 1. The fraction of sp³-hybridized carbons (Fsp3) is 0.714. The van der Waals surface area contributed by atoms with Gasteiger partial charge in [-0.15, -0.1) is 0 Å². The Bertz CT molecular complexity index is 442. The number of nitrogens with two attached hydrogens (primary N) is 1. The van der Waals surface area contributed by atoms with E-state index in [1.807, 2.05) is 20.9 Å². The van der Waals surface area contributed by atoms with Crippen LogP contribution in [0.25, 0.3) is 0 Å². The van der Waals surface area contributed by atoms with Gasteiger partial charge in [0.25, 0.3) is 0 Å². The third kappa shape index (κ3) is 3.15. The number of hydrogen-bond acceptors (Lipinski definition) is 4. The molecule has 0 spiro atoms. The maximum absolute atomic E-state index is 12.2. The zero-order valence-electron chi connectivity index (χ0n) is 12.0. The van der Waals surface area contributed by atoms with Gasteiger partial charge in [-0.25, -0.2) is 0 Å². The number of rotatable bonds is 4. The highest BCUT2D eigenvalue weighted by Crippen LogP contribution is 2.30. The van der Waals surface area contributed by atoms with Gasteiger partial charge in [0.1, 0.15) is 5.76 Å². The summed E-state index contributed by atoms with van der Waals surface area (Å²) in [6.45, 7) is 4.30. The first kappa shape index (κ1) is 14.1. The van der Waals surface area contributed by atoms with E-state index in [2.05, 4.69) is 5.16 Å². The number of nitrogens with zero attached hydrogens (tertiary/aromatic N) is 2. The molecule has 5 heteroatoms. The zero-order chi connectivity index (χ0) is 14.0. The summed E-state index contributed by atoms with van der Waals surface area (Å²) in [5, 5.41) is 3.91. The van der Waals surface area contributed by atoms with Crippen molar-refractivity contribution in [2.45, 2.75) is 58.0 Å². The summed E-state index contributed by atoms with van der Waals surface area (Å²) in [6, 6.07) is 0. The van der Waals surface area contributed by atoms with Crippen LogP contribution in [0.5, 0.6) is 0 Å². The topological polar surface area (TPSA) is 72.4 Å². The van der Waals surface area contributed by atoms with Crippen LogP contribution in [0, 0.1) is 13.8 Å². The van der Waals surface area contributed by atoms with E-state index in [0.29, 0.717) is 13.0 Å². The average molecular weight is 265 g/mol. The fourth-order valence-electron chi connectivity index (χ4n) is 2.75. The largest absolute Gasteiger partial charge is 0.361 e. The molecule has 1 heterocycles. The SMILES string of the molecule is Cc1noc(C)c1CN(C)C(=O)CC1(N)CCCC1. The minimum atomic E-state index is -0.288. The van der Waals surface area contributed by atoms with Crippen molar-refractivity contribution in [1.29, 1.82) is 0 Å². The fourth-order valence-corrected chi connectivity index (χ4v) is 2.75. The van der Waals surface area contributed by atoms with E-state index in [4.69, 9.17) is 10.3 Å². The molecule has 106 valence electrons. The van der Waals surface area contributed by atoms with Gasteiger partial charge in [0.05, 0.1) is 12.2 Å². The molecule has 1 aliphatic carbocycles. The molecule has 0 radical (unpaired) electrons. The summed E-state index contributed by atoms with van der Waals surface area (Å²) in [5.74, 6) is 0.880. The summed E-state index contributed by atoms with van der Waals surface area (Å²) in [6.07, 6.45) is 4.62. The van der Waals surface area contributed by atoms with Crippen LogP contribution in [0.15, 0.2) is 4.52 Å². The molecule has 19 heavy (non-hydrogen) atoms. The van der Waals surface area contributed by atoms with E-state index in [1.54, 1.807) is 4.90 Å². The molecule has 1 aromatic heterocycles. The Labute approximate surface area is 114 Å². The van der Waals surface area contributed by atoms with Gasteiger partial charge in [-0.2, -0.15) is 0 Å². The molecule has 1 aliphatic rings. The van der Waals surface area contributed by atoms with Crippen molar-refractivity contribution in [3.63, 3.8) is 0 Å². The summed E-state index contributed by atoms with van der Waals surface area (Å²) in [5.41, 5.74) is 7.81. The Morgan fingerprint density at radius 3 is 2.58 bits per heavy atom. The lowest BCUT2D eigenvalue weighted by atomic mass is 9.94. The van der Waals surface area contributed by atoms with Crippen LogP contribution in [0.4, 0.5) is 0 Å². The predicted molar refractivity (Wildman–Crippen MR) is 72.5 cm³/mol. The van der Waals surface area contributed by atoms with Gasteiger partial charge in [0, 0.05) is 24.6 Å². The molecule has 1 fully saturated rings. The van der Waals surface area contributed by atoms with Gasteiger partial charge in [-0.1, -0.05) is 18.0 Å². The van der Waals surface area contributed by atoms with Crippen LogP contribution in [-0.4, -0.2) is 28.6 Å². The molecule has 0 unspecified atom stereocenters. The molecular formula is C14H23N3O2. The number of aryl methyl sites for hydroxylation is 2. The van der Waals surface area contributed by atoms with E-state index >= 15 is 0 Å². The first-order valence-electron chi connectivity index (χ1n) is 6.86. The molecule has 0 aromatic carbocycles. The second-order valence-corrected chi connectivity index (χ2v) is 5.80. The maximum atomic E-state index is 12.2. The number of amides is 1. The molecule has 1 aromatic rings. The first-order chi connectivity index (χ1) is 8.91. The molecule has 0 atom stereocenters. The Morgan fingerprint density at radius 2 is 2.05 bits per heavy atom. The second kappa shape index (κ2) is 5.33. The molecule has 0 bridgehead atoms. The van der Waals surface area contributed by atoms with Crippen LogP contribution in [0.2, 0.25) is 0 Å². The lowest BCUT2D eigenvalue weighted by molar-refractivity contribution is -0.131. The number of aromatic nitrogens is 1. The highest BCUT2D eigenvalue weighted by atomic mass is 16.5. The van der Waals surface area contributed by atoms with Crippen molar-refractivity contribution in [3.8, 4) is 0 Å². The Balaban J connectivity index is 1.96.